The second-order valence-electron chi connectivity index (χ2n) is 4.63. The van der Waals surface area contributed by atoms with Gasteiger partial charge in [0.25, 0.3) is 0 Å². The summed E-state index contributed by atoms with van der Waals surface area (Å²) in [7, 11) is 0. The third-order valence-corrected chi connectivity index (χ3v) is 2.09. The van der Waals surface area contributed by atoms with Crippen LogP contribution < -0.4 is 0 Å². The molecule has 0 aromatic carbocycles. The standard InChI is InChI=1S/C11H19N/c1-9(2)10-7-6-8-12(10)11(3,4)5/h6-9H,1-5H3. The lowest BCUT2D eigenvalue weighted by Crippen LogP contribution is -2.23. The Morgan fingerprint density at radius 1 is 1.25 bits per heavy atom. The second-order valence-corrected chi connectivity index (χ2v) is 4.63. The van der Waals surface area contributed by atoms with Crippen molar-refractivity contribution in [2.45, 2.75) is 46.1 Å². The van der Waals surface area contributed by atoms with E-state index in [-0.39, 0.29) is 5.54 Å². The van der Waals surface area contributed by atoms with Gasteiger partial charge in [0.2, 0.25) is 0 Å². The zero-order valence-corrected chi connectivity index (χ0v) is 8.76. The first-order chi connectivity index (χ1) is 5.43. The Morgan fingerprint density at radius 2 is 1.83 bits per heavy atom. The molecule has 0 spiro atoms. The van der Waals surface area contributed by atoms with Gasteiger partial charge in [0.1, 0.15) is 0 Å². The average Bonchev–Trinajstić information content (AvgIpc) is 2.30. The van der Waals surface area contributed by atoms with Gasteiger partial charge in [-0.15, -0.1) is 0 Å². The van der Waals surface area contributed by atoms with Crippen LogP contribution in [0.5, 0.6) is 0 Å². The van der Waals surface area contributed by atoms with E-state index in [9.17, 15) is 0 Å². The summed E-state index contributed by atoms with van der Waals surface area (Å²) < 4.78 is 2.34. The summed E-state index contributed by atoms with van der Waals surface area (Å²) in [6, 6.07) is 4.33. The third-order valence-electron chi connectivity index (χ3n) is 2.09. The first-order valence-electron chi connectivity index (χ1n) is 4.60. The first-order valence-corrected chi connectivity index (χ1v) is 4.60. The lowest BCUT2D eigenvalue weighted by atomic mass is 10.1. The van der Waals surface area contributed by atoms with Crippen LogP contribution in [0.1, 0.15) is 46.2 Å². The fraction of sp³-hybridized carbons (Fsp3) is 0.636. The Bertz CT molecular complexity index is 250. The number of hydrogen-bond acceptors (Lipinski definition) is 0. The van der Waals surface area contributed by atoms with E-state index in [4.69, 9.17) is 0 Å². The fourth-order valence-corrected chi connectivity index (χ4v) is 1.48. The van der Waals surface area contributed by atoms with E-state index < -0.39 is 0 Å². The maximum absolute atomic E-state index is 2.34. The minimum atomic E-state index is 0.211. The van der Waals surface area contributed by atoms with Crippen LogP contribution in [0.4, 0.5) is 0 Å². The highest BCUT2D eigenvalue weighted by atomic mass is 15.0. The SMILES string of the molecule is CC(C)c1cccn1C(C)(C)C. The zero-order chi connectivity index (χ0) is 9.35. The van der Waals surface area contributed by atoms with Crippen molar-refractivity contribution in [2.24, 2.45) is 0 Å². The van der Waals surface area contributed by atoms with E-state index in [2.05, 4.69) is 57.5 Å². The summed E-state index contributed by atoms with van der Waals surface area (Å²) in [4.78, 5) is 0. The first kappa shape index (κ1) is 9.37. The molecule has 0 aliphatic heterocycles. The third kappa shape index (κ3) is 1.71. The number of nitrogens with zero attached hydrogens (tertiary/aromatic N) is 1. The molecule has 0 bridgehead atoms. The highest BCUT2D eigenvalue weighted by Crippen LogP contribution is 2.22. The number of rotatable bonds is 1. The minimum Gasteiger partial charge on any atom is -0.346 e. The predicted octanol–water partition coefficient (Wildman–Crippen LogP) is 3.37. The lowest BCUT2D eigenvalue weighted by Gasteiger charge is -2.25. The van der Waals surface area contributed by atoms with Gasteiger partial charge in [-0.1, -0.05) is 13.8 Å². The summed E-state index contributed by atoms with van der Waals surface area (Å²) in [5.74, 6) is 0.610. The number of aromatic nitrogens is 1. The molecular formula is C11H19N. The summed E-state index contributed by atoms with van der Waals surface area (Å²) >= 11 is 0. The van der Waals surface area contributed by atoms with Crippen LogP contribution in [0.3, 0.4) is 0 Å². The molecule has 12 heavy (non-hydrogen) atoms. The molecule has 1 aromatic heterocycles. The molecule has 1 nitrogen and oxygen atoms in total. The maximum atomic E-state index is 2.34. The summed E-state index contributed by atoms with van der Waals surface area (Å²) in [6.45, 7) is 11.2. The van der Waals surface area contributed by atoms with E-state index in [0.717, 1.165) is 0 Å². The maximum Gasteiger partial charge on any atom is 0.0358 e. The van der Waals surface area contributed by atoms with Crippen LogP contribution in [0.15, 0.2) is 18.3 Å². The molecule has 1 heteroatoms. The fourth-order valence-electron chi connectivity index (χ4n) is 1.48. The van der Waals surface area contributed by atoms with Crippen molar-refractivity contribution in [3.05, 3.63) is 24.0 Å². The molecule has 0 aliphatic rings. The summed E-state index contributed by atoms with van der Waals surface area (Å²) in [5, 5.41) is 0. The Kier molecular flexibility index (Phi) is 2.31. The molecule has 0 atom stereocenters. The van der Waals surface area contributed by atoms with E-state index in [0.29, 0.717) is 5.92 Å². The molecule has 0 saturated heterocycles. The van der Waals surface area contributed by atoms with Gasteiger partial charge in [-0.05, 0) is 38.8 Å². The summed E-state index contributed by atoms with van der Waals surface area (Å²) in [5.41, 5.74) is 1.63. The van der Waals surface area contributed by atoms with E-state index in [1.807, 2.05) is 0 Å². The number of hydrogen-bond donors (Lipinski definition) is 0. The van der Waals surface area contributed by atoms with Crippen molar-refractivity contribution in [1.29, 1.82) is 0 Å². The Balaban J connectivity index is 3.08. The van der Waals surface area contributed by atoms with E-state index >= 15 is 0 Å². The van der Waals surface area contributed by atoms with Gasteiger partial charge < -0.3 is 4.57 Å². The molecular weight excluding hydrogens is 146 g/mol. The van der Waals surface area contributed by atoms with Crippen molar-refractivity contribution in [1.82, 2.24) is 4.57 Å². The minimum absolute atomic E-state index is 0.211. The van der Waals surface area contributed by atoms with E-state index in [1.54, 1.807) is 0 Å². The van der Waals surface area contributed by atoms with Gasteiger partial charge in [0.05, 0.1) is 0 Å². The molecule has 1 rings (SSSR count). The zero-order valence-electron chi connectivity index (χ0n) is 8.76. The van der Waals surface area contributed by atoms with Gasteiger partial charge in [-0.3, -0.25) is 0 Å². The predicted molar refractivity (Wildman–Crippen MR) is 53.5 cm³/mol. The quantitative estimate of drug-likeness (QED) is 0.601. The van der Waals surface area contributed by atoms with Crippen LogP contribution in [0.2, 0.25) is 0 Å². The van der Waals surface area contributed by atoms with E-state index in [1.165, 1.54) is 5.69 Å². The highest BCUT2D eigenvalue weighted by molar-refractivity contribution is 5.13. The monoisotopic (exact) mass is 165 g/mol. The molecule has 0 amide bonds. The topological polar surface area (TPSA) is 4.93 Å². The summed E-state index contributed by atoms with van der Waals surface area (Å²) in [6.07, 6.45) is 2.16. The molecule has 1 heterocycles. The Hall–Kier alpha value is -0.720. The molecule has 0 radical (unpaired) electrons. The second kappa shape index (κ2) is 2.96. The van der Waals surface area contributed by atoms with Crippen molar-refractivity contribution < 1.29 is 0 Å². The van der Waals surface area contributed by atoms with Crippen molar-refractivity contribution in [2.75, 3.05) is 0 Å². The van der Waals surface area contributed by atoms with Gasteiger partial charge in [0.15, 0.2) is 0 Å². The van der Waals surface area contributed by atoms with Crippen LogP contribution in [-0.4, -0.2) is 4.57 Å². The van der Waals surface area contributed by atoms with Gasteiger partial charge in [0, 0.05) is 17.4 Å². The molecule has 1 aromatic rings. The Labute approximate surface area is 75.4 Å². The lowest BCUT2D eigenvalue weighted by molar-refractivity contribution is 0.381. The van der Waals surface area contributed by atoms with Crippen LogP contribution in [-0.2, 0) is 5.54 Å². The molecule has 0 saturated carbocycles. The molecule has 0 fully saturated rings. The highest BCUT2D eigenvalue weighted by Gasteiger charge is 2.16. The van der Waals surface area contributed by atoms with Gasteiger partial charge in [-0.2, -0.15) is 0 Å². The molecule has 0 unspecified atom stereocenters. The van der Waals surface area contributed by atoms with Crippen LogP contribution in [0, 0.1) is 0 Å². The normalized spacial score (nSPS) is 12.5. The average molecular weight is 165 g/mol. The van der Waals surface area contributed by atoms with Crippen molar-refractivity contribution in [3.8, 4) is 0 Å². The smallest absolute Gasteiger partial charge is 0.0358 e. The molecule has 0 aliphatic carbocycles. The van der Waals surface area contributed by atoms with Gasteiger partial charge in [-0.25, -0.2) is 0 Å². The molecule has 0 N–H and O–H groups in total. The Morgan fingerprint density at radius 3 is 2.17 bits per heavy atom. The van der Waals surface area contributed by atoms with Crippen molar-refractivity contribution in [3.63, 3.8) is 0 Å². The van der Waals surface area contributed by atoms with Crippen LogP contribution >= 0.6 is 0 Å². The molecule has 68 valence electrons. The van der Waals surface area contributed by atoms with Crippen LogP contribution in [0.25, 0.3) is 0 Å². The largest absolute Gasteiger partial charge is 0.346 e. The van der Waals surface area contributed by atoms with Gasteiger partial charge >= 0.3 is 0 Å². The van der Waals surface area contributed by atoms with Crippen molar-refractivity contribution >= 4 is 0 Å².